The average Bonchev–Trinajstić information content (AvgIpc) is 3.07. The van der Waals surface area contributed by atoms with E-state index < -0.39 is 0 Å². The number of anilines is 1. The van der Waals surface area contributed by atoms with E-state index in [1.54, 1.807) is 18.3 Å². The van der Waals surface area contributed by atoms with Crippen molar-refractivity contribution in [2.24, 2.45) is 0 Å². The summed E-state index contributed by atoms with van der Waals surface area (Å²) in [6.07, 6.45) is 10.3. The fourth-order valence-corrected chi connectivity index (χ4v) is 4.32. The molecule has 1 aliphatic carbocycles. The van der Waals surface area contributed by atoms with Gasteiger partial charge in [-0.1, -0.05) is 6.07 Å². The van der Waals surface area contributed by atoms with Crippen molar-refractivity contribution in [2.75, 3.05) is 11.9 Å². The Kier molecular flexibility index (Phi) is 6.70. The monoisotopic (exact) mass is 424 g/mol. The van der Waals surface area contributed by atoms with Gasteiger partial charge in [0.15, 0.2) is 0 Å². The smallest absolute Gasteiger partial charge is 0.290 e. The quantitative estimate of drug-likeness (QED) is 0.582. The van der Waals surface area contributed by atoms with E-state index in [4.69, 9.17) is 0 Å². The first-order valence-corrected chi connectivity index (χ1v) is 10.9. The number of amides is 2. The highest BCUT2D eigenvalue weighted by Gasteiger charge is 2.25. The molecule has 2 amide bonds. The van der Waals surface area contributed by atoms with Crippen LogP contribution in [-0.2, 0) is 11.2 Å². The lowest BCUT2D eigenvalue weighted by Gasteiger charge is -2.29. The van der Waals surface area contributed by atoms with Gasteiger partial charge in [0.2, 0.25) is 5.95 Å². The second-order valence-electron chi connectivity index (χ2n) is 7.38. The lowest BCUT2D eigenvalue weighted by atomic mass is 9.91. The van der Waals surface area contributed by atoms with Crippen molar-refractivity contribution in [1.82, 2.24) is 25.6 Å². The summed E-state index contributed by atoms with van der Waals surface area (Å²) < 4.78 is 0. The fourth-order valence-electron chi connectivity index (χ4n) is 3.65. The first-order chi connectivity index (χ1) is 14.7. The molecule has 2 fully saturated rings. The van der Waals surface area contributed by atoms with E-state index in [0.717, 1.165) is 56.1 Å². The molecule has 0 spiro atoms. The van der Waals surface area contributed by atoms with Crippen molar-refractivity contribution in [3.63, 3.8) is 0 Å². The van der Waals surface area contributed by atoms with Crippen molar-refractivity contribution in [1.29, 1.82) is 0 Å². The van der Waals surface area contributed by atoms with Crippen molar-refractivity contribution >= 4 is 34.9 Å². The van der Waals surface area contributed by atoms with Gasteiger partial charge in [-0.3, -0.25) is 19.9 Å². The topological polar surface area (TPSA) is 109 Å². The van der Waals surface area contributed by atoms with E-state index in [0.29, 0.717) is 28.6 Å². The van der Waals surface area contributed by atoms with Crippen molar-refractivity contribution in [2.45, 2.75) is 44.2 Å². The standard InChI is InChI=1S/C21H24N6O2S/c28-19-18(30-21(29)27-19)13-17-9-12-24-20(26-17)25-16-6-4-15(5-7-16)23-11-8-14-3-1-2-10-22-14/h1-3,9-10,12-13,15-16,23H,4-8,11H2,(H,24,25,26)(H,27,28,29). The summed E-state index contributed by atoms with van der Waals surface area (Å²) in [5.41, 5.74) is 1.72. The number of carbonyl (C=O) groups is 2. The van der Waals surface area contributed by atoms with Gasteiger partial charge >= 0.3 is 0 Å². The summed E-state index contributed by atoms with van der Waals surface area (Å²) in [7, 11) is 0. The molecular weight excluding hydrogens is 400 g/mol. The van der Waals surface area contributed by atoms with Crippen LogP contribution in [0, 0.1) is 0 Å². The molecule has 0 radical (unpaired) electrons. The average molecular weight is 425 g/mol. The van der Waals surface area contributed by atoms with Crippen LogP contribution < -0.4 is 16.0 Å². The molecule has 0 bridgehead atoms. The number of rotatable bonds is 7. The van der Waals surface area contributed by atoms with E-state index in [1.807, 2.05) is 18.3 Å². The predicted octanol–water partition coefficient (Wildman–Crippen LogP) is 2.75. The van der Waals surface area contributed by atoms with Crippen LogP contribution in [0.15, 0.2) is 41.6 Å². The van der Waals surface area contributed by atoms with Crippen LogP contribution in [0.1, 0.15) is 37.1 Å². The van der Waals surface area contributed by atoms with Gasteiger partial charge in [0.25, 0.3) is 11.1 Å². The van der Waals surface area contributed by atoms with Gasteiger partial charge in [0, 0.05) is 43.1 Å². The molecule has 4 rings (SSSR count). The lowest BCUT2D eigenvalue weighted by molar-refractivity contribution is -0.115. The van der Waals surface area contributed by atoms with E-state index in [-0.39, 0.29) is 11.1 Å². The first-order valence-electron chi connectivity index (χ1n) is 10.1. The number of imide groups is 1. The third-order valence-corrected chi connectivity index (χ3v) is 6.01. The van der Waals surface area contributed by atoms with Gasteiger partial charge in [-0.2, -0.15) is 0 Å². The minimum Gasteiger partial charge on any atom is -0.351 e. The van der Waals surface area contributed by atoms with Crippen molar-refractivity contribution < 1.29 is 9.59 Å². The molecule has 156 valence electrons. The minimum absolute atomic E-state index is 0.326. The van der Waals surface area contributed by atoms with Gasteiger partial charge in [0.05, 0.1) is 10.6 Å². The van der Waals surface area contributed by atoms with E-state index in [2.05, 4.69) is 37.0 Å². The van der Waals surface area contributed by atoms with Crippen LogP contribution >= 0.6 is 11.8 Å². The Morgan fingerprint density at radius 2 is 1.90 bits per heavy atom. The molecule has 30 heavy (non-hydrogen) atoms. The minimum atomic E-state index is -0.382. The molecule has 0 unspecified atom stereocenters. The number of aromatic nitrogens is 3. The number of thioether (sulfide) groups is 1. The predicted molar refractivity (Wildman–Crippen MR) is 117 cm³/mol. The molecule has 1 saturated heterocycles. The molecule has 0 aromatic carbocycles. The van der Waals surface area contributed by atoms with Crippen LogP contribution in [0.25, 0.3) is 6.08 Å². The number of carbonyl (C=O) groups excluding carboxylic acids is 2. The molecular formula is C21H24N6O2S. The zero-order valence-electron chi connectivity index (χ0n) is 16.5. The van der Waals surface area contributed by atoms with Gasteiger partial charge in [-0.15, -0.1) is 0 Å². The second-order valence-corrected chi connectivity index (χ2v) is 8.39. The normalized spacial score (nSPS) is 22.9. The summed E-state index contributed by atoms with van der Waals surface area (Å²) in [5.74, 6) is 0.164. The van der Waals surface area contributed by atoms with Crippen LogP contribution in [-0.4, -0.2) is 44.7 Å². The Morgan fingerprint density at radius 1 is 1.07 bits per heavy atom. The summed E-state index contributed by atoms with van der Waals surface area (Å²) >= 11 is 0.885. The Labute approximate surface area is 179 Å². The molecule has 9 heteroatoms. The Bertz CT molecular complexity index is 928. The van der Waals surface area contributed by atoms with Gasteiger partial charge in [0.1, 0.15) is 0 Å². The zero-order valence-corrected chi connectivity index (χ0v) is 17.3. The fraction of sp³-hybridized carbons (Fsp3) is 0.381. The van der Waals surface area contributed by atoms with Crippen LogP contribution in [0.4, 0.5) is 10.7 Å². The highest BCUT2D eigenvalue weighted by Crippen LogP contribution is 2.25. The summed E-state index contributed by atoms with van der Waals surface area (Å²) in [4.78, 5) is 36.4. The molecule has 2 aromatic heterocycles. The maximum absolute atomic E-state index is 11.7. The van der Waals surface area contributed by atoms with Crippen LogP contribution in [0.2, 0.25) is 0 Å². The summed E-state index contributed by atoms with van der Waals surface area (Å²) in [5, 5.41) is 8.93. The zero-order chi connectivity index (χ0) is 20.8. The number of pyridine rings is 1. The molecule has 2 aromatic rings. The Morgan fingerprint density at radius 3 is 2.63 bits per heavy atom. The Hall–Kier alpha value is -2.78. The maximum Gasteiger partial charge on any atom is 0.290 e. The molecule has 3 heterocycles. The molecule has 1 aliphatic heterocycles. The van der Waals surface area contributed by atoms with Gasteiger partial charge in [-0.25, -0.2) is 9.97 Å². The molecule has 3 N–H and O–H groups in total. The second kappa shape index (κ2) is 9.82. The maximum atomic E-state index is 11.7. The van der Waals surface area contributed by atoms with E-state index in [9.17, 15) is 9.59 Å². The van der Waals surface area contributed by atoms with Crippen LogP contribution in [0.3, 0.4) is 0 Å². The summed E-state index contributed by atoms with van der Waals surface area (Å²) in [6.45, 7) is 0.938. The first kappa shape index (κ1) is 20.5. The summed E-state index contributed by atoms with van der Waals surface area (Å²) in [6, 6.07) is 8.59. The van der Waals surface area contributed by atoms with Gasteiger partial charge < -0.3 is 10.6 Å². The Balaban J connectivity index is 1.24. The van der Waals surface area contributed by atoms with E-state index >= 15 is 0 Å². The molecule has 1 saturated carbocycles. The molecule has 8 nitrogen and oxygen atoms in total. The van der Waals surface area contributed by atoms with Crippen molar-refractivity contribution in [3.05, 3.63) is 53.0 Å². The number of hydrogen-bond donors (Lipinski definition) is 3. The van der Waals surface area contributed by atoms with Crippen molar-refractivity contribution in [3.8, 4) is 0 Å². The number of nitrogens with zero attached hydrogens (tertiary/aromatic N) is 3. The van der Waals surface area contributed by atoms with Gasteiger partial charge in [-0.05, 0) is 61.7 Å². The molecule has 0 atom stereocenters. The number of nitrogens with one attached hydrogen (secondary N) is 3. The highest BCUT2D eigenvalue weighted by atomic mass is 32.2. The van der Waals surface area contributed by atoms with E-state index in [1.165, 1.54) is 0 Å². The van der Waals surface area contributed by atoms with Crippen LogP contribution in [0.5, 0.6) is 0 Å². The SMILES string of the molecule is O=C1NC(=O)C(=Cc2ccnc(NC3CCC(NCCc4ccccn4)CC3)n2)S1. The number of hydrogen-bond acceptors (Lipinski definition) is 8. The molecule has 2 aliphatic rings. The third-order valence-electron chi connectivity index (χ3n) is 5.20. The third kappa shape index (κ3) is 5.64. The largest absolute Gasteiger partial charge is 0.351 e. The highest BCUT2D eigenvalue weighted by molar-refractivity contribution is 8.18. The lowest BCUT2D eigenvalue weighted by Crippen LogP contribution is -2.38.